The fraction of sp³-hybridized carbons (Fsp3) is 0.438. The van der Waals surface area contributed by atoms with Crippen LogP contribution in [0.4, 0.5) is 0 Å². The van der Waals surface area contributed by atoms with E-state index < -0.39 is 0 Å². The molecule has 0 fully saturated rings. The zero-order valence-corrected chi connectivity index (χ0v) is 12.0. The first kappa shape index (κ1) is 13.2. The largest absolute Gasteiger partial charge is 0.395 e. The molecule has 2 aromatic rings. The summed E-state index contributed by atoms with van der Waals surface area (Å²) in [5.74, 6) is 0.0693. The summed E-state index contributed by atoms with van der Waals surface area (Å²) in [6.07, 6.45) is 1.91. The lowest BCUT2D eigenvalue weighted by molar-refractivity contribution is 0.0789. The number of aromatic nitrogens is 1. The number of fused-ring (bicyclic) bond motifs is 3. The van der Waals surface area contributed by atoms with E-state index in [-0.39, 0.29) is 12.5 Å². The van der Waals surface area contributed by atoms with Crippen LogP contribution >= 0.6 is 0 Å². The average Bonchev–Trinajstić information content (AvgIpc) is 2.63. The first-order chi connectivity index (χ1) is 9.63. The van der Waals surface area contributed by atoms with Crippen molar-refractivity contribution in [1.29, 1.82) is 0 Å². The van der Waals surface area contributed by atoms with Gasteiger partial charge < -0.3 is 14.6 Å². The van der Waals surface area contributed by atoms with Crippen LogP contribution < -0.4 is 0 Å². The third-order valence-electron chi connectivity index (χ3n) is 4.12. The van der Waals surface area contributed by atoms with Gasteiger partial charge in [-0.25, -0.2) is 0 Å². The van der Waals surface area contributed by atoms with Crippen molar-refractivity contribution in [3.63, 3.8) is 0 Å². The van der Waals surface area contributed by atoms with E-state index in [2.05, 4.69) is 25.1 Å². The Kier molecular flexibility index (Phi) is 3.26. The van der Waals surface area contributed by atoms with Crippen molar-refractivity contribution in [2.45, 2.75) is 26.3 Å². The molecule has 0 radical (unpaired) electrons. The second kappa shape index (κ2) is 4.94. The lowest BCUT2D eigenvalue weighted by Gasteiger charge is -2.16. The predicted octanol–water partition coefficient (Wildman–Crippen LogP) is 1.96. The van der Waals surface area contributed by atoms with E-state index >= 15 is 0 Å². The molecule has 1 aromatic carbocycles. The maximum Gasteiger partial charge on any atom is 0.270 e. The van der Waals surface area contributed by atoms with Crippen molar-refractivity contribution in [3.05, 3.63) is 35.0 Å². The minimum atomic E-state index is 0.0427. The van der Waals surface area contributed by atoms with Crippen molar-refractivity contribution >= 4 is 16.8 Å². The van der Waals surface area contributed by atoms with E-state index in [1.807, 2.05) is 11.6 Å². The maximum absolute atomic E-state index is 12.6. The minimum Gasteiger partial charge on any atom is -0.395 e. The molecular weight excluding hydrogens is 252 g/mol. The number of hydrogen-bond donors (Lipinski definition) is 1. The van der Waals surface area contributed by atoms with Crippen molar-refractivity contribution in [3.8, 4) is 0 Å². The van der Waals surface area contributed by atoms with Gasteiger partial charge in [0, 0.05) is 31.0 Å². The van der Waals surface area contributed by atoms with E-state index in [0.29, 0.717) is 6.54 Å². The van der Waals surface area contributed by atoms with Crippen LogP contribution in [0.25, 0.3) is 10.9 Å². The highest BCUT2D eigenvalue weighted by atomic mass is 16.3. The molecule has 2 heterocycles. The Bertz CT molecular complexity index is 673. The Hall–Kier alpha value is -1.81. The lowest BCUT2D eigenvalue weighted by Crippen LogP contribution is -2.28. The van der Waals surface area contributed by atoms with E-state index in [0.717, 1.165) is 41.5 Å². The molecule has 3 rings (SSSR count). The van der Waals surface area contributed by atoms with Crippen molar-refractivity contribution in [1.82, 2.24) is 9.47 Å². The molecule has 0 saturated heterocycles. The summed E-state index contributed by atoms with van der Waals surface area (Å²) in [7, 11) is 1.85. The Morgan fingerprint density at radius 3 is 2.90 bits per heavy atom. The number of benzene rings is 1. The van der Waals surface area contributed by atoms with Crippen molar-refractivity contribution in [2.24, 2.45) is 0 Å². The number of aliphatic hydroxyl groups excluding tert-OH is 1. The molecule has 0 aliphatic carbocycles. The molecule has 4 nitrogen and oxygen atoms in total. The summed E-state index contributed by atoms with van der Waals surface area (Å²) in [6.45, 7) is 3.37. The number of hydrogen-bond acceptors (Lipinski definition) is 2. The van der Waals surface area contributed by atoms with Crippen LogP contribution in [-0.4, -0.2) is 40.7 Å². The standard InChI is InChI=1S/C16H20N2O2/c1-11-5-6-14-13(10-11)12-4-3-7-17(2)16(20)15(12)18(14)8-9-19/h5-6,10,19H,3-4,7-9H2,1-2H3. The number of carbonyl (C=O) groups is 1. The third-order valence-corrected chi connectivity index (χ3v) is 4.12. The van der Waals surface area contributed by atoms with Gasteiger partial charge in [0.1, 0.15) is 5.69 Å². The fourth-order valence-electron chi connectivity index (χ4n) is 3.14. The van der Waals surface area contributed by atoms with Gasteiger partial charge in [-0.2, -0.15) is 0 Å². The highest BCUT2D eigenvalue weighted by Crippen LogP contribution is 2.31. The van der Waals surface area contributed by atoms with Gasteiger partial charge >= 0.3 is 0 Å². The number of carbonyl (C=O) groups excluding carboxylic acids is 1. The maximum atomic E-state index is 12.6. The van der Waals surface area contributed by atoms with Crippen LogP contribution in [0.3, 0.4) is 0 Å². The predicted molar refractivity (Wildman–Crippen MR) is 79.0 cm³/mol. The average molecular weight is 272 g/mol. The molecular formula is C16H20N2O2. The number of nitrogens with zero attached hydrogens (tertiary/aromatic N) is 2. The Balaban J connectivity index is 2.33. The molecule has 0 atom stereocenters. The molecule has 4 heteroatoms. The van der Waals surface area contributed by atoms with Gasteiger partial charge in [-0.3, -0.25) is 4.79 Å². The molecule has 0 bridgehead atoms. The van der Waals surface area contributed by atoms with Crippen molar-refractivity contribution < 1.29 is 9.90 Å². The quantitative estimate of drug-likeness (QED) is 0.908. The zero-order chi connectivity index (χ0) is 14.3. The van der Waals surface area contributed by atoms with Crippen LogP contribution in [0.1, 0.15) is 28.0 Å². The van der Waals surface area contributed by atoms with Gasteiger partial charge in [0.05, 0.1) is 6.61 Å². The summed E-state index contributed by atoms with van der Waals surface area (Å²) < 4.78 is 1.98. The van der Waals surface area contributed by atoms with Crippen molar-refractivity contribution in [2.75, 3.05) is 20.2 Å². The number of rotatable bonds is 2. The Labute approximate surface area is 118 Å². The molecule has 1 amide bonds. The van der Waals surface area contributed by atoms with Crippen LogP contribution in [-0.2, 0) is 13.0 Å². The Morgan fingerprint density at radius 1 is 1.35 bits per heavy atom. The van der Waals surface area contributed by atoms with E-state index in [1.54, 1.807) is 4.90 Å². The lowest BCUT2D eigenvalue weighted by atomic mass is 10.0. The normalized spacial score (nSPS) is 15.6. The number of amides is 1. The zero-order valence-electron chi connectivity index (χ0n) is 12.0. The number of aryl methyl sites for hydroxylation is 2. The summed E-state index contributed by atoms with van der Waals surface area (Å²) in [5, 5.41) is 10.5. The van der Waals surface area contributed by atoms with Gasteiger partial charge in [0.25, 0.3) is 5.91 Å². The van der Waals surface area contributed by atoms with Gasteiger partial charge in [-0.15, -0.1) is 0 Å². The summed E-state index contributed by atoms with van der Waals surface area (Å²) in [5.41, 5.74) is 4.16. The van der Waals surface area contributed by atoms with E-state index in [1.165, 1.54) is 5.56 Å². The monoisotopic (exact) mass is 272 g/mol. The van der Waals surface area contributed by atoms with Crippen LogP contribution in [0.15, 0.2) is 18.2 Å². The molecule has 1 N–H and O–H groups in total. The molecule has 20 heavy (non-hydrogen) atoms. The smallest absolute Gasteiger partial charge is 0.270 e. The fourth-order valence-corrected chi connectivity index (χ4v) is 3.14. The van der Waals surface area contributed by atoms with E-state index in [4.69, 9.17) is 0 Å². The second-order valence-corrected chi connectivity index (χ2v) is 5.55. The van der Waals surface area contributed by atoms with Crippen LogP contribution in [0, 0.1) is 6.92 Å². The first-order valence-corrected chi connectivity index (χ1v) is 7.11. The van der Waals surface area contributed by atoms with Gasteiger partial charge in [-0.1, -0.05) is 11.6 Å². The van der Waals surface area contributed by atoms with Gasteiger partial charge in [0.2, 0.25) is 0 Å². The summed E-state index contributed by atoms with van der Waals surface area (Å²) in [6, 6.07) is 6.27. The Morgan fingerprint density at radius 2 is 2.15 bits per heavy atom. The summed E-state index contributed by atoms with van der Waals surface area (Å²) in [4.78, 5) is 14.4. The first-order valence-electron chi connectivity index (χ1n) is 7.11. The highest BCUT2D eigenvalue weighted by Gasteiger charge is 2.27. The second-order valence-electron chi connectivity index (χ2n) is 5.55. The molecule has 1 aromatic heterocycles. The van der Waals surface area contributed by atoms with E-state index in [9.17, 15) is 9.90 Å². The van der Waals surface area contributed by atoms with Crippen LogP contribution in [0.5, 0.6) is 0 Å². The molecule has 1 aliphatic rings. The summed E-state index contributed by atoms with van der Waals surface area (Å²) >= 11 is 0. The minimum absolute atomic E-state index is 0.0427. The molecule has 1 aliphatic heterocycles. The van der Waals surface area contributed by atoms with Crippen LogP contribution in [0.2, 0.25) is 0 Å². The molecule has 0 saturated carbocycles. The van der Waals surface area contributed by atoms with Gasteiger partial charge in [0.15, 0.2) is 0 Å². The molecule has 106 valence electrons. The third kappa shape index (κ3) is 1.91. The molecule has 0 unspecified atom stereocenters. The SMILES string of the molecule is Cc1ccc2c(c1)c1c(n2CCO)C(=O)N(C)CCC1. The highest BCUT2D eigenvalue weighted by molar-refractivity contribution is 6.02. The topological polar surface area (TPSA) is 45.5 Å². The molecule has 0 spiro atoms. The number of aliphatic hydroxyl groups is 1. The van der Waals surface area contributed by atoms with Gasteiger partial charge in [-0.05, 0) is 37.5 Å².